The normalized spacial score (nSPS) is 11.6. The van der Waals surface area contributed by atoms with E-state index in [2.05, 4.69) is 17.1 Å². The van der Waals surface area contributed by atoms with Crippen LogP contribution in [0.25, 0.3) is 11.4 Å². The third-order valence-corrected chi connectivity index (χ3v) is 6.07. The zero-order chi connectivity index (χ0) is 21.0. The summed E-state index contributed by atoms with van der Waals surface area (Å²) in [6.07, 6.45) is 0.935. The van der Waals surface area contributed by atoms with Crippen molar-refractivity contribution in [1.82, 2.24) is 14.4 Å². The minimum Gasteiger partial charge on any atom is -0.452 e. The third kappa shape index (κ3) is 4.69. The second-order valence-electron chi connectivity index (χ2n) is 6.45. The van der Waals surface area contributed by atoms with E-state index >= 15 is 0 Å². The predicted molar refractivity (Wildman–Crippen MR) is 106 cm³/mol. The van der Waals surface area contributed by atoms with E-state index in [-0.39, 0.29) is 23.0 Å². The van der Waals surface area contributed by atoms with Gasteiger partial charge in [0.15, 0.2) is 6.61 Å². The van der Waals surface area contributed by atoms with Gasteiger partial charge in [-0.3, -0.25) is 0 Å². The summed E-state index contributed by atoms with van der Waals surface area (Å²) in [6.45, 7) is 1.85. The molecule has 0 bridgehead atoms. The Hall–Kier alpha value is -3.04. The van der Waals surface area contributed by atoms with Crippen LogP contribution in [0.3, 0.4) is 0 Å². The number of carbonyl (C=O) groups excluding carboxylic acids is 1. The molecule has 29 heavy (non-hydrogen) atoms. The van der Waals surface area contributed by atoms with Crippen LogP contribution in [0.15, 0.2) is 57.9 Å². The summed E-state index contributed by atoms with van der Waals surface area (Å²) in [7, 11) is -0.808. The Morgan fingerprint density at radius 1 is 1.14 bits per heavy atom. The molecule has 0 aliphatic heterocycles. The number of sulfonamides is 1. The summed E-state index contributed by atoms with van der Waals surface area (Å²) in [5, 5.41) is 3.90. The van der Waals surface area contributed by atoms with E-state index in [1.165, 1.54) is 43.9 Å². The first-order chi connectivity index (χ1) is 13.8. The van der Waals surface area contributed by atoms with Gasteiger partial charge in [-0.2, -0.15) is 4.98 Å². The number of ether oxygens (including phenoxy) is 1. The number of rotatable bonds is 7. The van der Waals surface area contributed by atoms with Crippen molar-refractivity contribution in [2.75, 3.05) is 14.1 Å². The second-order valence-corrected chi connectivity index (χ2v) is 8.61. The van der Waals surface area contributed by atoms with Gasteiger partial charge in [-0.15, -0.1) is 0 Å². The predicted octanol–water partition coefficient (Wildman–Crippen LogP) is 2.91. The van der Waals surface area contributed by atoms with Crippen LogP contribution in [-0.4, -0.2) is 42.9 Å². The van der Waals surface area contributed by atoms with Gasteiger partial charge < -0.3 is 9.26 Å². The Morgan fingerprint density at radius 2 is 1.86 bits per heavy atom. The molecule has 0 fully saturated rings. The number of benzene rings is 2. The van der Waals surface area contributed by atoms with Gasteiger partial charge in [0, 0.05) is 19.7 Å². The quantitative estimate of drug-likeness (QED) is 0.547. The Morgan fingerprint density at radius 3 is 2.52 bits per heavy atom. The van der Waals surface area contributed by atoms with E-state index in [9.17, 15) is 13.2 Å². The van der Waals surface area contributed by atoms with Gasteiger partial charge in [-0.25, -0.2) is 17.5 Å². The van der Waals surface area contributed by atoms with Crippen LogP contribution in [-0.2, 0) is 27.8 Å². The number of carbonyl (C=O) groups is 1. The van der Waals surface area contributed by atoms with E-state index in [1.54, 1.807) is 0 Å². The Balaban J connectivity index is 1.68. The van der Waals surface area contributed by atoms with E-state index in [0.717, 1.165) is 16.3 Å². The molecule has 0 saturated carbocycles. The van der Waals surface area contributed by atoms with E-state index in [4.69, 9.17) is 9.26 Å². The fourth-order valence-corrected chi connectivity index (χ4v) is 3.47. The number of nitrogens with zero attached hydrogens (tertiary/aromatic N) is 3. The summed E-state index contributed by atoms with van der Waals surface area (Å²) in [4.78, 5) is 16.5. The van der Waals surface area contributed by atoms with E-state index < -0.39 is 16.0 Å². The highest BCUT2D eigenvalue weighted by atomic mass is 32.2. The Labute approximate surface area is 169 Å². The molecule has 152 valence electrons. The minimum atomic E-state index is -3.65. The van der Waals surface area contributed by atoms with E-state index in [0.29, 0.717) is 5.82 Å². The first kappa shape index (κ1) is 20.7. The molecule has 2 aromatic carbocycles. The van der Waals surface area contributed by atoms with Gasteiger partial charge in [0.2, 0.25) is 15.8 Å². The molecule has 3 aromatic rings. The molecular weight excluding hydrogens is 394 g/mol. The van der Waals surface area contributed by atoms with Crippen molar-refractivity contribution in [1.29, 1.82) is 0 Å². The maximum absolute atomic E-state index is 12.3. The summed E-state index contributed by atoms with van der Waals surface area (Å²) in [5.41, 5.74) is 2.11. The second kappa shape index (κ2) is 8.54. The summed E-state index contributed by atoms with van der Waals surface area (Å²) in [5.74, 6) is -0.143. The van der Waals surface area contributed by atoms with Crippen molar-refractivity contribution in [3.8, 4) is 11.4 Å². The van der Waals surface area contributed by atoms with Crippen LogP contribution in [0.5, 0.6) is 0 Å². The lowest BCUT2D eigenvalue weighted by atomic mass is 10.1. The maximum Gasteiger partial charge on any atom is 0.338 e. The van der Waals surface area contributed by atoms with Gasteiger partial charge in [-0.1, -0.05) is 42.4 Å². The van der Waals surface area contributed by atoms with Gasteiger partial charge in [0.05, 0.1) is 10.5 Å². The van der Waals surface area contributed by atoms with Crippen molar-refractivity contribution in [2.45, 2.75) is 24.8 Å². The molecule has 1 aromatic heterocycles. The fraction of sp³-hybridized carbons (Fsp3) is 0.250. The lowest BCUT2D eigenvalue weighted by Crippen LogP contribution is -2.22. The largest absolute Gasteiger partial charge is 0.452 e. The third-order valence-electron chi connectivity index (χ3n) is 4.26. The number of hydrogen-bond donors (Lipinski definition) is 0. The molecule has 3 rings (SSSR count). The van der Waals surface area contributed by atoms with Crippen molar-refractivity contribution in [2.24, 2.45) is 0 Å². The zero-order valence-electron chi connectivity index (χ0n) is 16.3. The highest BCUT2D eigenvalue weighted by Gasteiger charge is 2.19. The standard InChI is InChI=1S/C20H21N3O5S/c1-4-14-8-10-15(11-9-14)19-21-18(28-22-19)13-27-20(24)16-6-5-7-17(12-16)29(25,26)23(2)3/h5-12H,4,13H2,1-3H3. The molecule has 0 radical (unpaired) electrons. The molecule has 8 nitrogen and oxygen atoms in total. The average Bonchev–Trinajstić information content (AvgIpc) is 3.21. The molecule has 0 N–H and O–H groups in total. The Kier molecular flexibility index (Phi) is 6.09. The zero-order valence-corrected chi connectivity index (χ0v) is 17.1. The number of esters is 1. The molecule has 0 unspecified atom stereocenters. The lowest BCUT2D eigenvalue weighted by molar-refractivity contribution is 0.0429. The lowest BCUT2D eigenvalue weighted by Gasteiger charge is -2.11. The average molecular weight is 415 g/mol. The van der Waals surface area contributed by atoms with Crippen LogP contribution in [0, 0.1) is 0 Å². The summed E-state index contributed by atoms with van der Waals surface area (Å²) < 4.78 is 35.8. The van der Waals surface area contributed by atoms with Crippen LogP contribution in [0.4, 0.5) is 0 Å². The first-order valence-electron chi connectivity index (χ1n) is 8.93. The van der Waals surface area contributed by atoms with Gasteiger partial charge in [0.1, 0.15) is 0 Å². The maximum atomic E-state index is 12.3. The van der Waals surface area contributed by atoms with Crippen molar-refractivity contribution < 1.29 is 22.5 Å². The van der Waals surface area contributed by atoms with Crippen LogP contribution in [0.1, 0.15) is 28.7 Å². The van der Waals surface area contributed by atoms with Crippen LogP contribution in [0.2, 0.25) is 0 Å². The molecule has 9 heteroatoms. The molecule has 0 aliphatic carbocycles. The van der Waals surface area contributed by atoms with Crippen molar-refractivity contribution in [3.63, 3.8) is 0 Å². The SMILES string of the molecule is CCc1ccc(-c2noc(COC(=O)c3cccc(S(=O)(=O)N(C)C)c3)n2)cc1. The molecule has 0 saturated heterocycles. The molecular formula is C20H21N3O5S. The van der Waals surface area contributed by atoms with Crippen LogP contribution >= 0.6 is 0 Å². The first-order valence-corrected chi connectivity index (χ1v) is 10.4. The highest BCUT2D eigenvalue weighted by molar-refractivity contribution is 7.89. The molecule has 0 atom stereocenters. The molecule has 0 aliphatic rings. The van der Waals surface area contributed by atoms with Crippen molar-refractivity contribution >= 4 is 16.0 Å². The van der Waals surface area contributed by atoms with Gasteiger partial charge in [-0.05, 0) is 30.2 Å². The number of aryl methyl sites for hydroxylation is 1. The van der Waals surface area contributed by atoms with Gasteiger partial charge >= 0.3 is 5.97 Å². The number of aromatic nitrogens is 2. The van der Waals surface area contributed by atoms with Crippen LogP contribution < -0.4 is 0 Å². The summed E-state index contributed by atoms with van der Waals surface area (Å²) in [6, 6.07) is 13.4. The van der Waals surface area contributed by atoms with Gasteiger partial charge in [0.25, 0.3) is 5.89 Å². The van der Waals surface area contributed by atoms with E-state index in [1.807, 2.05) is 24.3 Å². The molecule has 0 spiro atoms. The molecule has 1 heterocycles. The Bertz CT molecular complexity index is 1110. The minimum absolute atomic E-state index is 0.00699. The topological polar surface area (TPSA) is 103 Å². The molecule has 0 amide bonds. The highest BCUT2D eigenvalue weighted by Crippen LogP contribution is 2.18. The monoisotopic (exact) mass is 415 g/mol. The smallest absolute Gasteiger partial charge is 0.338 e. The fourth-order valence-electron chi connectivity index (χ4n) is 2.53. The summed E-state index contributed by atoms with van der Waals surface area (Å²) >= 11 is 0. The number of hydrogen-bond acceptors (Lipinski definition) is 7. The van der Waals surface area contributed by atoms with Crippen molar-refractivity contribution in [3.05, 3.63) is 65.5 Å².